The van der Waals surface area contributed by atoms with E-state index >= 15 is 0 Å². The summed E-state index contributed by atoms with van der Waals surface area (Å²) in [5.41, 5.74) is 5.00. The molecule has 0 aliphatic heterocycles. The predicted molar refractivity (Wildman–Crippen MR) is 184 cm³/mol. The molecule has 8 nitrogen and oxygen atoms in total. The van der Waals surface area contributed by atoms with Gasteiger partial charge in [0.2, 0.25) is 0 Å². The molecule has 6 aromatic rings. The van der Waals surface area contributed by atoms with Crippen molar-refractivity contribution in [2.75, 3.05) is 14.2 Å². The number of ether oxygens (including phenoxy) is 2. The minimum absolute atomic E-state index is 0. The van der Waals surface area contributed by atoms with Crippen LogP contribution in [0.4, 0.5) is 8.78 Å². The first kappa shape index (κ1) is 37.2. The first-order chi connectivity index (χ1) is 21.5. The Kier molecular flexibility index (Phi) is 12.0. The van der Waals surface area contributed by atoms with Gasteiger partial charge in [-0.2, -0.15) is 10.2 Å². The van der Waals surface area contributed by atoms with Crippen molar-refractivity contribution < 1.29 is 27.8 Å². The maximum Gasteiger partial charge on any atom is 0.340 e. The number of benzene rings is 2. The van der Waals surface area contributed by atoms with E-state index in [4.69, 9.17) is 27.9 Å². The quantitative estimate of drug-likeness (QED) is 0.102. The number of rotatable bonds is 4. The van der Waals surface area contributed by atoms with Crippen LogP contribution in [-0.2, 0) is 9.47 Å². The van der Waals surface area contributed by atoms with E-state index in [1.165, 1.54) is 35.4 Å². The lowest BCUT2D eigenvalue weighted by molar-refractivity contribution is 0.0590. The van der Waals surface area contributed by atoms with Crippen LogP contribution in [0.5, 0.6) is 0 Å². The van der Waals surface area contributed by atoms with Gasteiger partial charge < -0.3 is 9.47 Å². The first-order valence-electron chi connectivity index (χ1n) is 13.2. The fraction of sp³-hybridized carbons (Fsp3) is 0.152. The van der Waals surface area contributed by atoms with Gasteiger partial charge in [-0.05, 0) is 78.3 Å². The van der Waals surface area contributed by atoms with E-state index in [1.807, 2.05) is 0 Å². The Bertz CT molecular complexity index is 2100. The molecule has 0 bridgehead atoms. The second-order valence-electron chi connectivity index (χ2n) is 9.68. The summed E-state index contributed by atoms with van der Waals surface area (Å²) in [7, 11) is 2.61. The zero-order valence-electron chi connectivity index (χ0n) is 24.7. The summed E-state index contributed by atoms with van der Waals surface area (Å²) in [6.07, 6.45) is 1.55. The zero-order valence-corrected chi connectivity index (χ0v) is 27.8. The molecule has 3 radical (unpaired) electrons. The summed E-state index contributed by atoms with van der Waals surface area (Å²) in [5, 5.41) is 9.33. The SMILES string of the molecule is C.COC(=O)c1ccc2c(-c3c(F)cccc3Cl)c(C)nn2c1.COC(=O)c1ccc2c(-c3c(F)cccc3Cl)c(C)nn2c1Br.[B]. The highest BCUT2D eigenvalue weighted by molar-refractivity contribution is 9.10. The third kappa shape index (κ3) is 6.90. The van der Waals surface area contributed by atoms with Crippen LogP contribution >= 0.6 is 39.1 Å². The average molecular weight is 743 g/mol. The standard InChI is InChI=1S/C16H11BrClFN2O2.C16H12ClFN2O2.CH4.B/c1-8-13(14-10(18)4-3-5-11(14)19)12-7-6-9(16(22)23-2)15(17)21(12)20-8;1-9-14(15-11(17)4-3-5-12(15)18)13-7-6-10(16(21)22-2)8-20(13)19-9;;/h3-7H,1-2H3;3-8H,1-2H3;1H4;. The maximum atomic E-state index is 14.3. The monoisotopic (exact) mass is 741 g/mol. The molecule has 0 aliphatic rings. The minimum atomic E-state index is -0.489. The van der Waals surface area contributed by atoms with Crippen LogP contribution in [0.25, 0.3) is 33.3 Å². The molecule has 0 atom stereocenters. The number of nitrogens with zero attached hydrogens (tertiary/aromatic N) is 4. The van der Waals surface area contributed by atoms with Gasteiger partial charge in [-0.1, -0.05) is 42.8 Å². The molecule has 0 N–H and O–H groups in total. The molecule has 0 spiro atoms. The number of carbonyl (C=O) groups is 2. The number of methoxy groups -OCH3 is 2. The molecule has 0 saturated heterocycles. The molecule has 4 heterocycles. The summed E-state index contributed by atoms with van der Waals surface area (Å²) in [6, 6.07) is 15.7. The average Bonchev–Trinajstić information content (AvgIpc) is 3.52. The fourth-order valence-corrected chi connectivity index (χ4v) is 6.03. The highest BCUT2D eigenvalue weighted by atomic mass is 79.9. The highest BCUT2D eigenvalue weighted by Crippen LogP contribution is 2.38. The summed E-state index contributed by atoms with van der Waals surface area (Å²) >= 11 is 15.7. The van der Waals surface area contributed by atoms with Gasteiger partial charge in [-0.25, -0.2) is 27.4 Å². The van der Waals surface area contributed by atoms with Crippen LogP contribution in [0, 0.1) is 25.5 Å². The van der Waals surface area contributed by atoms with Gasteiger partial charge in [0, 0.05) is 36.9 Å². The minimum Gasteiger partial charge on any atom is -0.465 e. The lowest BCUT2D eigenvalue weighted by Crippen LogP contribution is -2.05. The van der Waals surface area contributed by atoms with Crippen molar-refractivity contribution in [2.24, 2.45) is 0 Å². The van der Waals surface area contributed by atoms with Crippen LogP contribution in [0.1, 0.15) is 39.5 Å². The second-order valence-corrected chi connectivity index (χ2v) is 11.2. The number of aromatic nitrogens is 4. The normalized spacial score (nSPS) is 10.5. The fourth-order valence-electron chi connectivity index (χ4n) is 4.95. The van der Waals surface area contributed by atoms with Crippen LogP contribution in [0.2, 0.25) is 10.0 Å². The van der Waals surface area contributed by atoms with Gasteiger partial charge in [0.15, 0.2) is 0 Å². The Morgan fingerprint density at radius 1 is 0.745 bits per heavy atom. The van der Waals surface area contributed by atoms with E-state index in [0.717, 1.165) is 0 Å². The van der Waals surface area contributed by atoms with Crippen LogP contribution in [0.15, 0.2) is 71.5 Å². The topological polar surface area (TPSA) is 87.2 Å². The Morgan fingerprint density at radius 3 is 1.79 bits per heavy atom. The van der Waals surface area contributed by atoms with Crippen molar-refractivity contribution in [2.45, 2.75) is 21.3 Å². The molecule has 0 unspecified atom stereocenters. The molecule has 0 fully saturated rings. The van der Waals surface area contributed by atoms with E-state index in [2.05, 4.69) is 30.9 Å². The van der Waals surface area contributed by atoms with Crippen LogP contribution < -0.4 is 0 Å². The maximum absolute atomic E-state index is 14.3. The third-order valence-corrected chi connectivity index (χ3v) is 8.36. The van der Waals surface area contributed by atoms with Crippen molar-refractivity contribution >= 4 is 70.5 Å². The molecule has 241 valence electrons. The van der Waals surface area contributed by atoms with Gasteiger partial charge in [0.25, 0.3) is 0 Å². The molecule has 14 heteroatoms. The largest absolute Gasteiger partial charge is 0.465 e. The summed E-state index contributed by atoms with van der Waals surface area (Å²) < 4.78 is 41.4. The van der Waals surface area contributed by atoms with Gasteiger partial charge >= 0.3 is 11.9 Å². The summed E-state index contributed by atoms with van der Waals surface area (Å²) in [4.78, 5) is 23.4. The van der Waals surface area contributed by atoms with Crippen molar-refractivity contribution in [3.05, 3.63) is 116 Å². The Morgan fingerprint density at radius 2 is 1.26 bits per heavy atom. The highest BCUT2D eigenvalue weighted by Gasteiger charge is 2.22. The van der Waals surface area contributed by atoms with Gasteiger partial charge in [-0.3, -0.25) is 0 Å². The summed E-state index contributed by atoms with van der Waals surface area (Å²) in [6.45, 7) is 3.53. The van der Waals surface area contributed by atoms with Crippen molar-refractivity contribution in [3.8, 4) is 22.3 Å². The van der Waals surface area contributed by atoms with E-state index in [0.29, 0.717) is 70.5 Å². The number of fused-ring (bicyclic) bond motifs is 2. The lowest BCUT2D eigenvalue weighted by Gasteiger charge is -2.07. The van der Waals surface area contributed by atoms with E-state index in [-0.39, 0.29) is 15.8 Å². The molecular formula is C33H27BBrCl2F2N4O4. The van der Waals surface area contributed by atoms with Crippen molar-refractivity contribution in [1.29, 1.82) is 0 Å². The lowest BCUT2D eigenvalue weighted by atomic mass is 10.0. The molecule has 2 aromatic carbocycles. The molecule has 0 saturated carbocycles. The Labute approximate surface area is 289 Å². The molecular weight excluding hydrogens is 716 g/mol. The Balaban J connectivity index is 0.000000245. The number of esters is 2. The second kappa shape index (κ2) is 15.1. The molecule has 4 aromatic heterocycles. The number of halogens is 5. The van der Waals surface area contributed by atoms with Gasteiger partial charge in [0.05, 0.1) is 57.8 Å². The number of aryl methyl sites for hydroxylation is 2. The number of pyridine rings is 2. The van der Waals surface area contributed by atoms with Crippen molar-refractivity contribution in [1.82, 2.24) is 19.2 Å². The third-order valence-electron chi connectivity index (χ3n) is 6.97. The smallest absolute Gasteiger partial charge is 0.340 e. The van der Waals surface area contributed by atoms with E-state index < -0.39 is 23.6 Å². The molecule has 47 heavy (non-hydrogen) atoms. The number of carbonyl (C=O) groups excluding carboxylic acids is 2. The molecule has 0 aliphatic carbocycles. The number of hydrogen-bond donors (Lipinski definition) is 0. The van der Waals surface area contributed by atoms with Crippen LogP contribution in [-0.4, -0.2) is 53.8 Å². The van der Waals surface area contributed by atoms with Crippen LogP contribution in [0.3, 0.4) is 0 Å². The zero-order chi connectivity index (χ0) is 32.6. The van der Waals surface area contributed by atoms with E-state index in [1.54, 1.807) is 68.6 Å². The predicted octanol–water partition coefficient (Wildman–Crippen LogP) is 8.80. The first-order valence-corrected chi connectivity index (χ1v) is 14.8. The Hall–Kier alpha value is -4.26. The van der Waals surface area contributed by atoms with Crippen molar-refractivity contribution in [3.63, 3.8) is 0 Å². The summed E-state index contributed by atoms with van der Waals surface area (Å²) in [5.74, 6) is -1.79. The molecule has 6 rings (SSSR count). The number of hydrogen-bond acceptors (Lipinski definition) is 6. The van der Waals surface area contributed by atoms with E-state index in [9.17, 15) is 18.4 Å². The van der Waals surface area contributed by atoms with Gasteiger partial charge in [-0.15, -0.1) is 0 Å². The molecule has 0 amide bonds. The van der Waals surface area contributed by atoms with Gasteiger partial charge in [0.1, 0.15) is 16.2 Å².